The predicted octanol–water partition coefficient (Wildman–Crippen LogP) is 3.19. The molecule has 0 amide bonds. The third-order valence-corrected chi connectivity index (χ3v) is 3.22. The summed E-state index contributed by atoms with van der Waals surface area (Å²) in [5, 5.41) is 11.3. The molecule has 0 radical (unpaired) electrons. The highest BCUT2D eigenvalue weighted by Gasteiger charge is 2.11. The van der Waals surface area contributed by atoms with E-state index in [-0.39, 0.29) is 6.54 Å². The summed E-state index contributed by atoms with van der Waals surface area (Å²) in [6.45, 7) is 2.04. The fourth-order valence-electron chi connectivity index (χ4n) is 2.47. The van der Waals surface area contributed by atoms with Gasteiger partial charge in [0, 0.05) is 21.8 Å². The number of aliphatic carboxylic acids is 1. The van der Waals surface area contributed by atoms with Crippen LogP contribution in [-0.2, 0) is 11.3 Å². The zero-order valence-corrected chi connectivity index (χ0v) is 10.1. The molecule has 1 aromatic heterocycles. The number of aromatic nitrogens is 1. The van der Waals surface area contributed by atoms with Gasteiger partial charge in [0.2, 0.25) is 0 Å². The quantitative estimate of drug-likeness (QED) is 0.746. The van der Waals surface area contributed by atoms with Gasteiger partial charge in [-0.3, -0.25) is 4.79 Å². The average molecular weight is 239 g/mol. The molecule has 3 heteroatoms. The Morgan fingerprint density at radius 2 is 1.83 bits per heavy atom. The van der Waals surface area contributed by atoms with Crippen LogP contribution >= 0.6 is 0 Å². The second-order valence-corrected chi connectivity index (χ2v) is 4.52. The third kappa shape index (κ3) is 1.56. The zero-order valence-electron chi connectivity index (χ0n) is 10.1. The molecular weight excluding hydrogens is 226 g/mol. The number of hydrogen-bond donors (Lipinski definition) is 1. The minimum absolute atomic E-state index is 0.00687. The first-order valence-corrected chi connectivity index (χ1v) is 5.86. The molecule has 1 heterocycles. The molecule has 0 fully saturated rings. The Morgan fingerprint density at radius 3 is 2.61 bits per heavy atom. The van der Waals surface area contributed by atoms with Crippen molar-refractivity contribution in [2.75, 3.05) is 0 Å². The van der Waals surface area contributed by atoms with E-state index in [1.165, 1.54) is 5.56 Å². The largest absolute Gasteiger partial charge is 0.480 e. The molecule has 2 aromatic carbocycles. The van der Waals surface area contributed by atoms with Gasteiger partial charge in [-0.05, 0) is 25.1 Å². The maximum Gasteiger partial charge on any atom is 0.323 e. The van der Waals surface area contributed by atoms with Gasteiger partial charge in [0.15, 0.2) is 0 Å². The minimum Gasteiger partial charge on any atom is -0.480 e. The predicted molar refractivity (Wildman–Crippen MR) is 71.8 cm³/mol. The molecule has 3 aromatic rings. The molecule has 1 N–H and O–H groups in total. The van der Waals surface area contributed by atoms with E-state index in [9.17, 15) is 4.79 Å². The van der Waals surface area contributed by atoms with Gasteiger partial charge in [-0.1, -0.05) is 29.8 Å². The lowest BCUT2D eigenvalue weighted by Crippen LogP contribution is -2.08. The standard InChI is InChI=1S/C15H13NO2/c1-10-6-7-14-12(8-10)11-4-2-3-5-13(11)16(14)9-15(17)18/h2-8H,9H2,1H3,(H,17,18). The highest BCUT2D eigenvalue weighted by atomic mass is 16.4. The molecule has 0 aliphatic heterocycles. The molecule has 0 saturated heterocycles. The van der Waals surface area contributed by atoms with Gasteiger partial charge in [0.1, 0.15) is 6.54 Å². The number of aryl methyl sites for hydroxylation is 1. The molecule has 0 aliphatic rings. The van der Waals surface area contributed by atoms with Gasteiger partial charge in [-0.15, -0.1) is 0 Å². The van der Waals surface area contributed by atoms with E-state index in [1.807, 2.05) is 47.9 Å². The van der Waals surface area contributed by atoms with Crippen LogP contribution in [0.5, 0.6) is 0 Å². The van der Waals surface area contributed by atoms with E-state index in [0.717, 1.165) is 21.8 Å². The molecule has 3 nitrogen and oxygen atoms in total. The number of carboxylic acid groups (broad SMARTS) is 1. The Hall–Kier alpha value is -2.29. The lowest BCUT2D eigenvalue weighted by atomic mass is 10.1. The molecule has 0 saturated carbocycles. The lowest BCUT2D eigenvalue weighted by Gasteiger charge is -2.03. The smallest absolute Gasteiger partial charge is 0.323 e. The Kier molecular flexibility index (Phi) is 2.33. The van der Waals surface area contributed by atoms with E-state index < -0.39 is 5.97 Å². The molecule has 0 aliphatic carbocycles. The van der Waals surface area contributed by atoms with Crippen molar-refractivity contribution in [1.82, 2.24) is 4.57 Å². The first kappa shape index (κ1) is 10.8. The molecule has 90 valence electrons. The summed E-state index contributed by atoms with van der Waals surface area (Å²) in [6.07, 6.45) is 0. The van der Waals surface area contributed by atoms with Crippen molar-refractivity contribution >= 4 is 27.8 Å². The highest BCUT2D eigenvalue weighted by Crippen LogP contribution is 2.29. The Labute approximate surface area is 104 Å². The average Bonchev–Trinajstić information content (AvgIpc) is 2.64. The van der Waals surface area contributed by atoms with Gasteiger partial charge < -0.3 is 9.67 Å². The van der Waals surface area contributed by atoms with Gasteiger partial charge in [0.05, 0.1) is 0 Å². The zero-order chi connectivity index (χ0) is 12.7. The minimum atomic E-state index is -0.821. The number of hydrogen-bond acceptors (Lipinski definition) is 1. The van der Waals surface area contributed by atoms with Crippen LogP contribution in [0.3, 0.4) is 0 Å². The van der Waals surface area contributed by atoms with Crippen LogP contribution in [-0.4, -0.2) is 15.6 Å². The summed E-state index contributed by atoms with van der Waals surface area (Å²) in [5.41, 5.74) is 3.13. The first-order valence-electron chi connectivity index (χ1n) is 5.86. The number of fused-ring (bicyclic) bond motifs is 3. The molecule has 18 heavy (non-hydrogen) atoms. The number of nitrogens with zero attached hydrogens (tertiary/aromatic N) is 1. The third-order valence-electron chi connectivity index (χ3n) is 3.22. The maximum absolute atomic E-state index is 11.0. The Morgan fingerprint density at radius 1 is 1.11 bits per heavy atom. The van der Waals surface area contributed by atoms with Crippen molar-refractivity contribution in [2.24, 2.45) is 0 Å². The molecule has 0 bridgehead atoms. The number of benzene rings is 2. The van der Waals surface area contributed by atoms with Crippen molar-refractivity contribution < 1.29 is 9.90 Å². The molecule has 0 atom stereocenters. The Bertz CT molecular complexity index is 756. The van der Waals surface area contributed by atoms with E-state index in [2.05, 4.69) is 6.07 Å². The summed E-state index contributed by atoms with van der Waals surface area (Å²) in [6, 6.07) is 14.0. The van der Waals surface area contributed by atoms with Crippen molar-refractivity contribution in [3.8, 4) is 0 Å². The Balaban J connectivity index is 2.45. The van der Waals surface area contributed by atoms with Crippen molar-refractivity contribution in [3.05, 3.63) is 48.0 Å². The van der Waals surface area contributed by atoms with Crippen LogP contribution in [0.15, 0.2) is 42.5 Å². The van der Waals surface area contributed by atoms with E-state index >= 15 is 0 Å². The number of carbonyl (C=O) groups is 1. The monoisotopic (exact) mass is 239 g/mol. The van der Waals surface area contributed by atoms with Crippen LogP contribution in [0.4, 0.5) is 0 Å². The number of para-hydroxylation sites is 1. The van der Waals surface area contributed by atoms with Gasteiger partial charge >= 0.3 is 5.97 Å². The number of rotatable bonds is 2. The van der Waals surface area contributed by atoms with Crippen molar-refractivity contribution in [2.45, 2.75) is 13.5 Å². The number of carboxylic acids is 1. The van der Waals surface area contributed by atoms with E-state index in [0.29, 0.717) is 0 Å². The van der Waals surface area contributed by atoms with Crippen molar-refractivity contribution in [1.29, 1.82) is 0 Å². The van der Waals surface area contributed by atoms with Crippen LogP contribution in [0.25, 0.3) is 21.8 Å². The molecular formula is C15H13NO2. The maximum atomic E-state index is 11.0. The van der Waals surface area contributed by atoms with Gasteiger partial charge in [0.25, 0.3) is 0 Å². The fourth-order valence-corrected chi connectivity index (χ4v) is 2.47. The van der Waals surface area contributed by atoms with Crippen LogP contribution in [0.1, 0.15) is 5.56 Å². The van der Waals surface area contributed by atoms with E-state index in [1.54, 1.807) is 0 Å². The van der Waals surface area contributed by atoms with Crippen molar-refractivity contribution in [3.63, 3.8) is 0 Å². The first-order chi connectivity index (χ1) is 8.66. The highest BCUT2D eigenvalue weighted by molar-refractivity contribution is 6.08. The van der Waals surface area contributed by atoms with E-state index in [4.69, 9.17) is 5.11 Å². The van der Waals surface area contributed by atoms with Gasteiger partial charge in [-0.2, -0.15) is 0 Å². The summed E-state index contributed by atoms with van der Waals surface area (Å²) >= 11 is 0. The molecule has 0 unspecified atom stereocenters. The van der Waals surface area contributed by atoms with Crippen LogP contribution in [0, 0.1) is 6.92 Å². The lowest BCUT2D eigenvalue weighted by molar-refractivity contribution is -0.137. The topological polar surface area (TPSA) is 42.2 Å². The fraction of sp³-hybridized carbons (Fsp3) is 0.133. The normalized spacial score (nSPS) is 11.2. The molecule has 3 rings (SSSR count). The van der Waals surface area contributed by atoms with Crippen LogP contribution in [0.2, 0.25) is 0 Å². The SMILES string of the molecule is Cc1ccc2c(c1)c1ccccc1n2CC(=O)O. The van der Waals surface area contributed by atoms with Crippen LogP contribution < -0.4 is 0 Å². The summed E-state index contributed by atoms with van der Waals surface area (Å²) in [7, 11) is 0. The molecule has 0 spiro atoms. The summed E-state index contributed by atoms with van der Waals surface area (Å²) < 4.78 is 1.85. The summed E-state index contributed by atoms with van der Waals surface area (Å²) in [5.74, 6) is -0.821. The second kappa shape index (κ2) is 3.88. The van der Waals surface area contributed by atoms with Gasteiger partial charge in [-0.25, -0.2) is 0 Å². The summed E-state index contributed by atoms with van der Waals surface area (Å²) in [4.78, 5) is 11.0. The second-order valence-electron chi connectivity index (χ2n) is 4.52.